The monoisotopic (exact) mass is 298 g/mol. The van der Waals surface area contributed by atoms with Crippen molar-refractivity contribution in [3.8, 4) is 5.75 Å². The average Bonchev–Trinajstić information content (AvgIpc) is 2.43. The topological polar surface area (TPSA) is 67.5 Å². The van der Waals surface area contributed by atoms with Crippen molar-refractivity contribution in [1.29, 1.82) is 0 Å². The second-order valence-corrected chi connectivity index (χ2v) is 6.06. The van der Waals surface area contributed by atoms with E-state index in [1.54, 1.807) is 6.07 Å². The molecule has 1 aromatic rings. The zero-order valence-electron chi connectivity index (χ0n) is 13.2. The van der Waals surface area contributed by atoms with Crippen molar-refractivity contribution in [3.05, 3.63) is 17.9 Å². The van der Waals surface area contributed by atoms with Gasteiger partial charge in [-0.2, -0.15) is 0 Å². The molecule has 0 bridgehead atoms. The molecule has 1 rings (SSSR count). The molecule has 0 aliphatic carbocycles. The Morgan fingerprint density at radius 3 is 2.71 bits per heavy atom. The fourth-order valence-electron chi connectivity index (χ4n) is 2.03. The quantitative estimate of drug-likeness (QED) is 0.611. The number of nitrogens with two attached hydrogens (primary N) is 1. The molecule has 4 N–H and O–H groups in total. The van der Waals surface area contributed by atoms with Crippen LogP contribution in [-0.2, 0) is 0 Å². The van der Waals surface area contributed by atoms with Gasteiger partial charge in [-0.3, -0.25) is 0 Å². The molecule has 0 aliphatic heterocycles. The molecule has 5 heteroatoms. The van der Waals surface area contributed by atoms with Crippen LogP contribution in [-0.4, -0.2) is 24.9 Å². The minimum absolute atomic E-state index is 0.0218. The third kappa shape index (κ3) is 5.79. The highest BCUT2D eigenvalue weighted by Crippen LogP contribution is 2.30. The molecule has 0 spiro atoms. The number of aliphatic hydroxyl groups excluding tert-OH is 1. The summed E-state index contributed by atoms with van der Waals surface area (Å²) in [6.07, 6.45) is 2.48. The maximum atomic E-state index is 13.7. The molecule has 0 heterocycles. The largest absolute Gasteiger partial charge is 0.490 e. The molecule has 0 atom stereocenters. The third-order valence-electron chi connectivity index (χ3n) is 3.33. The number of halogens is 1. The van der Waals surface area contributed by atoms with Crippen LogP contribution >= 0.6 is 0 Å². The van der Waals surface area contributed by atoms with E-state index in [-0.39, 0.29) is 17.8 Å². The van der Waals surface area contributed by atoms with E-state index in [2.05, 4.69) is 19.2 Å². The SMILES string of the molecule is CCCOc1cc(NCC(C)(C)CCCO)c(N)cc1F. The Hall–Kier alpha value is -1.49. The predicted molar refractivity (Wildman–Crippen MR) is 85.2 cm³/mol. The number of nitrogen functional groups attached to an aromatic ring is 1. The lowest BCUT2D eigenvalue weighted by atomic mass is 9.88. The normalized spacial score (nSPS) is 11.5. The summed E-state index contributed by atoms with van der Waals surface area (Å²) in [6.45, 7) is 7.56. The van der Waals surface area contributed by atoms with Gasteiger partial charge in [-0.1, -0.05) is 20.8 Å². The number of aliphatic hydroxyl groups is 1. The lowest BCUT2D eigenvalue weighted by molar-refractivity contribution is 0.248. The van der Waals surface area contributed by atoms with Crippen molar-refractivity contribution < 1.29 is 14.2 Å². The first-order chi connectivity index (χ1) is 9.89. The molecule has 0 radical (unpaired) electrons. The van der Waals surface area contributed by atoms with Crippen LogP contribution in [0.5, 0.6) is 5.75 Å². The van der Waals surface area contributed by atoms with Gasteiger partial charge < -0.3 is 20.9 Å². The first kappa shape index (κ1) is 17.6. The van der Waals surface area contributed by atoms with Gasteiger partial charge in [-0.15, -0.1) is 0 Å². The lowest BCUT2D eigenvalue weighted by Gasteiger charge is -2.26. The summed E-state index contributed by atoms with van der Waals surface area (Å²) in [4.78, 5) is 0. The molecule has 0 saturated carbocycles. The van der Waals surface area contributed by atoms with E-state index in [9.17, 15) is 4.39 Å². The number of hydrogen-bond acceptors (Lipinski definition) is 4. The van der Waals surface area contributed by atoms with E-state index in [1.165, 1.54) is 6.07 Å². The van der Waals surface area contributed by atoms with Crippen molar-refractivity contribution in [2.24, 2.45) is 5.41 Å². The summed E-state index contributed by atoms with van der Waals surface area (Å²) in [6, 6.07) is 2.90. The molecule has 0 saturated heterocycles. The van der Waals surface area contributed by atoms with E-state index in [4.69, 9.17) is 15.6 Å². The van der Waals surface area contributed by atoms with E-state index < -0.39 is 5.82 Å². The highest BCUT2D eigenvalue weighted by atomic mass is 19.1. The summed E-state index contributed by atoms with van der Waals surface area (Å²) in [5.41, 5.74) is 6.92. The Morgan fingerprint density at radius 1 is 1.38 bits per heavy atom. The Kier molecular flexibility index (Phi) is 6.75. The minimum Gasteiger partial charge on any atom is -0.490 e. The number of anilines is 2. The predicted octanol–water partition coefficient (Wildman–Crippen LogP) is 3.41. The van der Waals surface area contributed by atoms with Gasteiger partial charge in [-0.25, -0.2) is 4.39 Å². The summed E-state index contributed by atoms with van der Waals surface area (Å²) < 4.78 is 19.1. The number of rotatable bonds is 9. The zero-order chi connectivity index (χ0) is 15.9. The lowest BCUT2D eigenvalue weighted by Crippen LogP contribution is -2.23. The van der Waals surface area contributed by atoms with Crippen LogP contribution in [0.3, 0.4) is 0 Å². The van der Waals surface area contributed by atoms with Crippen LogP contribution in [0, 0.1) is 11.2 Å². The summed E-state index contributed by atoms with van der Waals surface area (Å²) >= 11 is 0. The first-order valence-electron chi connectivity index (χ1n) is 7.46. The summed E-state index contributed by atoms with van der Waals surface area (Å²) in [5, 5.41) is 12.2. The second-order valence-electron chi connectivity index (χ2n) is 6.06. The minimum atomic E-state index is -0.439. The van der Waals surface area contributed by atoms with Crippen LogP contribution in [0.4, 0.5) is 15.8 Å². The molecule has 0 amide bonds. The third-order valence-corrected chi connectivity index (χ3v) is 3.33. The van der Waals surface area contributed by atoms with Crippen LogP contribution in [0.2, 0.25) is 0 Å². The van der Waals surface area contributed by atoms with Gasteiger partial charge in [0.15, 0.2) is 11.6 Å². The molecular formula is C16H27FN2O2. The van der Waals surface area contributed by atoms with Crippen molar-refractivity contribution in [2.45, 2.75) is 40.0 Å². The van der Waals surface area contributed by atoms with Crippen LogP contribution in [0.15, 0.2) is 12.1 Å². The van der Waals surface area contributed by atoms with E-state index in [0.717, 1.165) is 19.3 Å². The van der Waals surface area contributed by atoms with Crippen molar-refractivity contribution >= 4 is 11.4 Å². The van der Waals surface area contributed by atoms with Gasteiger partial charge in [-0.05, 0) is 24.7 Å². The van der Waals surface area contributed by atoms with Gasteiger partial charge in [0, 0.05) is 25.3 Å². The number of hydrogen-bond donors (Lipinski definition) is 3. The maximum absolute atomic E-state index is 13.7. The standard InChI is InChI=1S/C16H27FN2O2/c1-4-8-21-15-10-14(13(18)9-12(15)17)19-11-16(2,3)6-5-7-20/h9-10,19-20H,4-8,11,18H2,1-3H3. The zero-order valence-corrected chi connectivity index (χ0v) is 13.2. The first-order valence-corrected chi connectivity index (χ1v) is 7.46. The van der Waals surface area contributed by atoms with E-state index in [0.29, 0.717) is 24.5 Å². The summed E-state index contributed by atoms with van der Waals surface area (Å²) in [5.74, 6) is -0.215. The second kappa shape index (κ2) is 8.08. The Labute approximate surface area is 126 Å². The number of nitrogens with one attached hydrogen (secondary N) is 1. The molecular weight excluding hydrogens is 271 g/mol. The molecule has 0 fully saturated rings. The molecule has 0 aliphatic rings. The highest BCUT2D eigenvalue weighted by Gasteiger charge is 2.18. The Balaban J connectivity index is 2.73. The van der Waals surface area contributed by atoms with Crippen molar-refractivity contribution in [2.75, 3.05) is 30.8 Å². The maximum Gasteiger partial charge on any atom is 0.167 e. The van der Waals surface area contributed by atoms with Crippen molar-refractivity contribution in [3.63, 3.8) is 0 Å². The van der Waals surface area contributed by atoms with Gasteiger partial charge in [0.1, 0.15) is 0 Å². The smallest absolute Gasteiger partial charge is 0.167 e. The van der Waals surface area contributed by atoms with E-state index in [1.807, 2.05) is 6.92 Å². The van der Waals surface area contributed by atoms with E-state index >= 15 is 0 Å². The Morgan fingerprint density at radius 2 is 2.10 bits per heavy atom. The van der Waals surface area contributed by atoms with Gasteiger partial charge in [0.2, 0.25) is 0 Å². The summed E-state index contributed by atoms with van der Waals surface area (Å²) in [7, 11) is 0. The highest BCUT2D eigenvalue weighted by molar-refractivity contribution is 5.68. The van der Waals surface area contributed by atoms with Gasteiger partial charge >= 0.3 is 0 Å². The molecule has 1 aromatic carbocycles. The molecule has 120 valence electrons. The van der Waals surface area contributed by atoms with Crippen molar-refractivity contribution in [1.82, 2.24) is 0 Å². The Bertz CT molecular complexity index is 450. The molecule has 0 aromatic heterocycles. The van der Waals surface area contributed by atoms with Gasteiger partial charge in [0.25, 0.3) is 0 Å². The van der Waals surface area contributed by atoms with Crippen LogP contribution in [0.25, 0.3) is 0 Å². The molecule has 4 nitrogen and oxygen atoms in total. The average molecular weight is 298 g/mol. The fourth-order valence-corrected chi connectivity index (χ4v) is 2.03. The fraction of sp³-hybridized carbons (Fsp3) is 0.625. The number of ether oxygens (including phenoxy) is 1. The van der Waals surface area contributed by atoms with Crippen LogP contribution < -0.4 is 15.8 Å². The van der Waals surface area contributed by atoms with Gasteiger partial charge in [0.05, 0.1) is 18.0 Å². The molecule has 0 unspecified atom stereocenters. The van der Waals surface area contributed by atoms with Crippen LogP contribution in [0.1, 0.15) is 40.0 Å². The molecule has 21 heavy (non-hydrogen) atoms. The number of benzene rings is 1.